The van der Waals surface area contributed by atoms with Gasteiger partial charge in [0.25, 0.3) is 5.69 Å². The summed E-state index contributed by atoms with van der Waals surface area (Å²) >= 11 is 5.64. The fourth-order valence-electron chi connectivity index (χ4n) is 2.60. The zero-order valence-electron chi connectivity index (χ0n) is 13.1. The maximum atomic E-state index is 12.9. The number of hydrogen-bond donors (Lipinski definition) is 1. The number of halogens is 4. The lowest BCUT2D eigenvalue weighted by Crippen LogP contribution is -2.42. The van der Waals surface area contributed by atoms with E-state index in [0.29, 0.717) is 32.0 Å². The molecule has 1 aromatic rings. The van der Waals surface area contributed by atoms with Crippen LogP contribution < -0.4 is 5.32 Å². The lowest BCUT2D eigenvalue weighted by atomic mass is 10.0. The summed E-state index contributed by atoms with van der Waals surface area (Å²) in [5.41, 5.74) is -2.04. The first-order chi connectivity index (χ1) is 11.6. The Balaban J connectivity index is 2.19. The Kier molecular flexibility index (Phi) is 5.61. The van der Waals surface area contributed by atoms with Crippen LogP contribution in [0.5, 0.6) is 0 Å². The molecule has 11 heteroatoms. The number of carbonyl (C=O) groups excluding carboxylic acids is 1. The van der Waals surface area contributed by atoms with Crippen molar-refractivity contribution in [1.82, 2.24) is 4.90 Å². The van der Waals surface area contributed by atoms with Crippen molar-refractivity contribution < 1.29 is 27.6 Å². The molecule has 1 saturated heterocycles. The van der Waals surface area contributed by atoms with Crippen LogP contribution in [0.15, 0.2) is 12.1 Å². The molecular formula is C14H15ClF3N3O4. The molecule has 1 fully saturated rings. The number of likely N-dealkylation sites (tertiary alicyclic amines) is 1. The van der Waals surface area contributed by atoms with Crippen LogP contribution in [0.25, 0.3) is 0 Å². The number of benzene rings is 1. The van der Waals surface area contributed by atoms with Crippen LogP contribution >= 0.6 is 11.6 Å². The van der Waals surface area contributed by atoms with Crippen LogP contribution in [0.1, 0.15) is 18.4 Å². The fourth-order valence-corrected chi connectivity index (χ4v) is 2.87. The van der Waals surface area contributed by atoms with Crippen molar-refractivity contribution in [2.45, 2.75) is 25.1 Å². The van der Waals surface area contributed by atoms with Gasteiger partial charge in [-0.2, -0.15) is 13.2 Å². The molecule has 0 bridgehead atoms. The number of alkyl halides is 3. The number of hydrogen-bond acceptors (Lipinski definition) is 5. The number of ether oxygens (including phenoxy) is 1. The van der Waals surface area contributed by atoms with Crippen molar-refractivity contribution in [3.63, 3.8) is 0 Å². The minimum Gasteiger partial charge on any atom is -0.453 e. The zero-order chi connectivity index (χ0) is 18.8. The Hall–Kier alpha value is -2.23. The molecule has 1 aliphatic heterocycles. The molecular weight excluding hydrogens is 367 g/mol. The number of nitrogens with one attached hydrogen (secondary N) is 1. The number of nitrogens with zero attached hydrogens (tertiary/aromatic N) is 2. The summed E-state index contributed by atoms with van der Waals surface area (Å²) in [6, 6.07) is 1.09. The zero-order valence-corrected chi connectivity index (χ0v) is 13.9. The minimum absolute atomic E-state index is 0.0838. The third-order valence-corrected chi connectivity index (χ3v) is 4.19. The van der Waals surface area contributed by atoms with Gasteiger partial charge in [-0.3, -0.25) is 10.1 Å². The monoisotopic (exact) mass is 381 g/mol. The number of anilines is 1. The standard InChI is InChI=1S/C14H15ClF3N3O4/c1-25-13(22)20-4-2-8(3-5-20)19-11-7-10(15)9(14(16,17)18)6-12(11)21(23)24/h6-8,19H,2-5H2,1H3. The first-order valence-electron chi connectivity index (χ1n) is 7.28. The van der Waals surface area contributed by atoms with Gasteiger partial charge in [-0.25, -0.2) is 4.79 Å². The Morgan fingerprint density at radius 2 is 2.00 bits per heavy atom. The molecule has 1 N–H and O–H groups in total. The first-order valence-corrected chi connectivity index (χ1v) is 7.66. The van der Waals surface area contributed by atoms with E-state index in [4.69, 9.17) is 11.6 Å². The van der Waals surface area contributed by atoms with E-state index in [-0.39, 0.29) is 11.7 Å². The van der Waals surface area contributed by atoms with Crippen molar-refractivity contribution in [1.29, 1.82) is 0 Å². The molecule has 25 heavy (non-hydrogen) atoms. The van der Waals surface area contributed by atoms with Gasteiger partial charge in [0.2, 0.25) is 0 Å². The highest BCUT2D eigenvalue weighted by molar-refractivity contribution is 6.31. The second kappa shape index (κ2) is 7.34. The van der Waals surface area contributed by atoms with Gasteiger partial charge in [-0.05, 0) is 18.9 Å². The summed E-state index contributed by atoms with van der Waals surface area (Å²) in [7, 11) is 1.26. The van der Waals surface area contributed by atoms with Crippen molar-refractivity contribution >= 4 is 29.1 Å². The van der Waals surface area contributed by atoms with Gasteiger partial charge in [0.1, 0.15) is 5.69 Å². The minimum atomic E-state index is -4.79. The van der Waals surface area contributed by atoms with Crippen LogP contribution in [0.4, 0.5) is 29.3 Å². The van der Waals surface area contributed by atoms with Crippen molar-refractivity contribution in [2.75, 3.05) is 25.5 Å². The number of nitro groups is 1. The first kappa shape index (κ1) is 19.1. The van der Waals surface area contributed by atoms with Gasteiger partial charge in [-0.15, -0.1) is 0 Å². The summed E-state index contributed by atoms with van der Waals surface area (Å²) in [6.45, 7) is 0.735. The Morgan fingerprint density at radius 1 is 1.40 bits per heavy atom. The molecule has 7 nitrogen and oxygen atoms in total. The van der Waals surface area contributed by atoms with E-state index < -0.39 is 33.5 Å². The summed E-state index contributed by atoms with van der Waals surface area (Å²) in [5, 5.41) is 13.4. The molecule has 0 aliphatic carbocycles. The Morgan fingerprint density at radius 3 is 2.48 bits per heavy atom. The molecule has 0 aromatic heterocycles. The molecule has 0 spiro atoms. The molecule has 138 valence electrons. The van der Waals surface area contributed by atoms with E-state index in [2.05, 4.69) is 10.1 Å². The van der Waals surface area contributed by atoms with Crippen LogP contribution in [0.2, 0.25) is 5.02 Å². The molecule has 2 rings (SSSR count). The third kappa shape index (κ3) is 4.44. The Bertz CT molecular complexity index is 676. The van der Waals surface area contributed by atoms with E-state index in [0.717, 1.165) is 6.07 Å². The van der Waals surface area contributed by atoms with E-state index >= 15 is 0 Å². The van der Waals surface area contributed by atoms with Crippen LogP contribution in [-0.4, -0.2) is 42.2 Å². The van der Waals surface area contributed by atoms with Crippen molar-refractivity contribution in [3.8, 4) is 0 Å². The predicted octanol–water partition coefficient (Wildman–Crippen LogP) is 3.91. The molecule has 1 amide bonds. The third-order valence-electron chi connectivity index (χ3n) is 3.87. The van der Waals surface area contributed by atoms with E-state index in [1.807, 2.05) is 0 Å². The second-order valence-corrected chi connectivity index (χ2v) is 5.89. The van der Waals surface area contributed by atoms with Crippen LogP contribution in [0, 0.1) is 10.1 Å². The average molecular weight is 382 g/mol. The van der Waals surface area contributed by atoms with E-state index in [1.54, 1.807) is 0 Å². The summed E-state index contributed by atoms with van der Waals surface area (Å²) in [5.74, 6) is 0. The normalized spacial score (nSPS) is 15.8. The van der Waals surface area contributed by atoms with Crippen LogP contribution in [-0.2, 0) is 10.9 Å². The SMILES string of the molecule is COC(=O)N1CCC(Nc2cc(Cl)c(C(F)(F)F)cc2[N+](=O)[O-])CC1. The maximum absolute atomic E-state index is 12.9. The molecule has 1 heterocycles. The number of piperidine rings is 1. The molecule has 1 aliphatic rings. The summed E-state index contributed by atoms with van der Waals surface area (Å²) < 4.78 is 43.2. The molecule has 0 unspecified atom stereocenters. The Labute approximate surface area is 145 Å². The van der Waals surface area contributed by atoms with Gasteiger partial charge >= 0.3 is 12.3 Å². The highest BCUT2D eigenvalue weighted by Crippen LogP contribution is 2.40. The van der Waals surface area contributed by atoms with E-state index in [1.165, 1.54) is 12.0 Å². The molecule has 1 aromatic carbocycles. The predicted molar refractivity (Wildman–Crippen MR) is 83.7 cm³/mol. The number of nitro benzene ring substituents is 1. The average Bonchev–Trinajstić information content (AvgIpc) is 2.53. The molecule has 0 radical (unpaired) electrons. The second-order valence-electron chi connectivity index (χ2n) is 5.48. The number of methoxy groups -OCH3 is 1. The van der Waals surface area contributed by atoms with Gasteiger partial charge < -0.3 is 15.0 Å². The maximum Gasteiger partial charge on any atom is 0.418 e. The lowest BCUT2D eigenvalue weighted by Gasteiger charge is -2.31. The summed E-state index contributed by atoms with van der Waals surface area (Å²) in [4.78, 5) is 23.1. The fraction of sp³-hybridized carbons (Fsp3) is 0.500. The number of amides is 1. The highest BCUT2D eigenvalue weighted by Gasteiger charge is 2.36. The van der Waals surface area contributed by atoms with Gasteiger partial charge in [0.15, 0.2) is 0 Å². The smallest absolute Gasteiger partial charge is 0.418 e. The van der Waals surface area contributed by atoms with Crippen LogP contribution in [0.3, 0.4) is 0 Å². The topological polar surface area (TPSA) is 84.7 Å². The quantitative estimate of drug-likeness (QED) is 0.633. The van der Waals surface area contributed by atoms with Gasteiger partial charge in [-0.1, -0.05) is 11.6 Å². The summed E-state index contributed by atoms with van der Waals surface area (Å²) in [6.07, 6.45) is -4.33. The van der Waals surface area contributed by atoms with Crippen molar-refractivity contribution in [3.05, 3.63) is 32.8 Å². The van der Waals surface area contributed by atoms with Gasteiger partial charge in [0.05, 0.1) is 22.6 Å². The lowest BCUT2D eigenvalue weighted by molar-refractivity contribution is -0.384. The molecule has 0 atom stereocenters. The number of rotatable bonds is 3. The highest BCUT2D eigenvalue weighted by atomic mass is 35.5. The van der Waals surface area contributed by atoms with Crippen molar-refractivity contribution in [2.24, 2.45) is 0 Å². The van der Waals surface area contributed by atoms with E-state index in [9.17, 15) is 28.1 Å². The largest absolute Gasteiger partial charge is 0.453 e. The number of carbonyl (C=O) groups is 1. The van der Waals surface area contributed by atoms with Gasteiger partial charge in [0, 0.05) is 25.2 Å². The molecule has 0 saturated carbocycles.